The summed E-state index contributed by atoms with van der Waals surface area (Å²) < 4.78 is 43.0. The fourth-order valence-corrected chi connectivity index (χ4v) is 3.98. The molecule has 0 radical (unpaired) electrons. The van der Waals surface area contributed by atoms with Gasteiger partial charge >= 0.3 is 0 Å². The van der Waals surface area contributed by atoms with Gasteiger partial charge in [0.15, 0.2) is 5.75 Å². The fourth-order valence-electron chi connectivity index (χ4n) is 3.98. The van der Waals surface area contributed by atoms with Gasteiger partial charge in [-0.15, -0.1) is 0 Å². The molecule has 3 N–H and O–H groups in total. The molecule has 1 aromatic carbocycles. The van der Waals surface area contributed by atoms with Crippen LogP contribution in [0.4, 0.5) is 18.9 Å². The maximum absolute atomic E-state index is 14.5. The summed E-state index contributed by atoms with van der Waals surface area (Å²) in [6.07, 6.45) is 0.330. The number of rotatable bonds is 4. The molecule has 1 unspecified atom stereocenters. The number of carbonyl (C=O) groups is 1. The molecule has 1 atom stereocenters. The van der Waals surface area contributed by atoms with Gasteiger partial charge in [-0.3, -0.25) is 19.1 Å². The zero-order valence-corrected chi connectivity index (χ0v) is 16.7. The number of aliphatic imine (C=N–C) groups is 1. The number of benzene rings is 1. The van der Waals surface area contributed by atoms with Crippen LogP contribution < -0.4 is 16.2 Å². The highest BCUT2D eigenvalue weighted by atomic mass is 19.3. The first-order valence-corrected chi connectivity index (χ1v) is 9.77. The number of nitriles is 1. The molecular formula is C21H18F3N5O3. The number of nitrogens with zero attached hydrogens (tertiary/aromatic N) is 3. The van der Waals surface area contributed by atoms with E-state index in [1.165, 1.54) is 12.1 Å². The number of pyridine rings is 1. The highest BCUT2D eigenvalue weighted by molar-refractivity contribution is 6.10. The predicted octanol–water partition coefficient (Wildman–Crippen LogP) is 1.67. The molecule has 8 nitrogen and oxygen atoms in total. The van der Waals surface area contributed by atoms with Gasteiger partial charge in [-0.25, -0.2) is 13.2 Å². The number of amides is 1. The van der Waals surface area contributed by atoms with Gasteiger partial charge in [0, 0.05) is 12.5 Å². The predicted molar refractivity (Wildman–Crippen MR) is 109 cm³/mol. The van der Waals surface area contributed by atoms with Crippen LogP contribution in [0.2, 0.25) is 0 Å². The van der Waals surface area contributed by atoms with E-state index in [1.54, 1.807) is 18.2 Å². The number of aromatic nitrogens is 1. The van der Waals surface area contributed by atoms with Crippen LogP contribution in [0.15, 0.2) is 34.1 Å². The van der Waals surface area contributed by atoms with Crippen molar-refractivity contribution in [3.8, 4) is 11.8 Å². The largest absolute Gasteiger partial charge is 0.505 e. The lowest BCUT2D eigenvalue weighted by molar-refractivity contribution is -0.00579. The molecule has 0 saturated heterocycles. The van der Waals surface area contributed by atoms with Crippen molar-refractivity contribution in [3.63, 3.8) is 0 Å². The monoisotopic (exact) mass is 445 g/mol. The summed E-state index contributed by atoms with van der Waals surface area (Å²) in [5.74, 6) is -5.94. The van der Waals surface area contributed by atoms with Gasteiger partial charge in [0.25, 0.3) is 17.4 Å². The molecule has 2 aliphatic rings. The molecule has 1 aromatic heterocycles. The topological polar surface area (TPSA) is 120 Å². The molecule has 11 heteroatoms. The van der Waals surface area contributed by atoms with E-state index in [-0.39, 0.29) is 23.6 Å². The number of hydrogen-bond donors (Lipinski definition) is 3. The lowest BCUT2D eigenvalue weighted by Gasteiger charge is -2.30. The second-order valence-electron chi connectivity index (χ2n) is 7.65. The van der Waals surface area contributed by atoms with E-state index in [0.29, 0.717) is 6.42 Å². The number of carbonyl (C=O) groups excluding carboxylic acids is 1. The van der Waals surface area contributed by atoms with Crippen molar-refractivity contribution < 1.29 is 23.1 Å². The molecule has 166 valence electrons. The average molecular weight is 445 g/mol. The Morgan fingerprint density at radius 3 is 2.78 bits per heavy atom. The molecule has 0 spiro atoms. The Hall–Kier alpha value is -3.81. The van der Waals surface area contributed by atoms with Crippen molar-refractivity contribution in [2.24, 2.45) is 10.9 Å². The van der Waals surface area contributed by atoms with E-state index in [0.717, 1.165) is 10.1 Å². The van der Waals surface area contributed by atoms with E-state index in [2.05, 4.69) is 15.6 Å². The van der Waals surface area contributed by atoms with E-state index in [1.807, 2.05) is 0 Å². The summed E-state index contributed by atoms with van der Waals surface area (Å²) >= 11 is 0. The van der Waals surface area contributed by atoms with Gasteiger partial charge in [0.05, 0.1) is 24.0 Å². The number of halogens is 3. The van der Waals surface area contributed by atoms with Crippen LogP contribution in [0.5, 0.6) is 5.75 Å². The van der Waals surface area contributed by atoms with Crippen LogP contribution in [0.3, 0.4) is 0 Å². The highest BCUT2D eigenvalue weighted by Crippen LogP contribution is 2.38. The number of hydrogen-bond acceptors (Lipinski definition) is 6. The van der Waals surface area contributed by atoms with Crippen LogP contribution in [-0.4, -0.2) is 46.8 Å². The molecule has 2 aliphatic heterocycles. The standard InChI is InChI=1S/C21H18F3N5O3/c22-13-3-1-11(2-4-13)7-12-8-27-16-17-15(12)28-9-21(23,24)10-29(17)20(32)14(18(16)30)19(31)26-6-5-25/h1-4,12,27,30H,6-10H2,(H,26,31). The van der Waals surface area contributed by atoms with Gasteiger partial charge in [-0.1, -0.05) is 12.1 Å². The van der Waals surface area contributed by atoms with Crippen molar-refractivity contribution in [1.29, 1.82) is 5.26 Å². The van der Waals surface area contributed by atoms with Crippen molar-refractivity contribution in [2.75, 3.05) is 25.0 Å². The Bertz CT molecular complexity index is 1220. The lowest BCUT2D eigenvalue weighted by atomic mass is 9.88. The molecule has 2 aromatic rings. The van der Waals surface area contributed by atoms with E-state index < -0.39 is 60.1 Å². The molecule has 0 fully saturated rings. The summed E-state index contributed by atoms with van der Waals surface area (Å²) in [7, 11) is 0. The summed E-state index contributed by atoms with van der Waals surface area (Å²) in [6.45, 7) is -2.13. The third kappa shape index (κ3) is 3.79. The van der Waals surface area contributed by atoms with Crippen LogP contribution in [0, 0.1) is 23.1 Å². The Balaban J connectivity index is 1.84. The molecule has 0 aliphatic carbocycles. The van der Waals surface area contributed by atoms with Crippen LogP contribution in [-0.2, 0) is 13.0 Å². The first kappa shape index (κ1) is 21.4. The van der Waals surface area contributed by atoms with Gasteiger partial charge in [0.1, 0.15) is 30.2 Å². The molecular weight excluding hydrogens is 427 g/mol. The normalized spacial score (nSPS) is 18.4. The number of anilines is 1. The van der Waals surface area contributed by atoms with Crippen LogP contribution >= 0.6 is 0 Å². The van der Waals surface area contributed by atoms with E-state index >= 15 is 0 Å². The molecule has 32 heavy (non-hydrogen) atoms. The van der Waals surface area contributed by atoms with Gasteiger partial charge in [0.2, 0.25) is 0 Å². The summed E-state index contributed by atoms with van der Waals surface area (Å²) in [5, 5.41) is 24.4. The first-order valence-electron chi connectivity index (χ1n) is 9.77. The van der Waals surface area contributed by atoms with Gasteiger partial charge in [-0.05, 0) is 24.1 Å². The Kier molecular flexibility index (Phi) is 5.38. The van der Waals surface area contributed by atoms with E-state index in [4.69, 9.17) is 5.26 Å². The molecule has 0 bridgehead atoms. The quantitative estimate of drug-likeness (QED) is 0.619. The minimum Gasteiger partial charge on any atom is -0.505 e. The Morgan fingerprint density at radius 2 is 2.09 bits per heavy atom. The minimum atomic E-state index is -3.36. The minimum absolute atomic E-state index is 0.000120. The van der Waals surface area contributed by atoms with E-state index in [9.17, 15) is 27.9 Å². The number of nitrogens with one attached hydrogen (secondary N) is 2. The fraction of sp³-hybridized carbons (Fsp3) is 0.333. The van der Waals surface area contributed by atoms with Crippen molar-refractivity contribution in [2.45, 2.75) is 18.9 Å². The Labute approximate surface area is 180 Å². The van der Waals surface area contributed by atoms with Crippen molar-refractivity contribution in [3.05, 3.63) is 57.3 Å². The second kappa shape index (κ2) is 8.03. The molecule has 4 rings (SSSR count). The maximum Gasteiger partial charge on any atom is 0.284 e. The lowest BCUT2D eigenvalue weighted by Crippen LogP contribution is -2.42. The van der Waals surface area contributed by atoms with Crippen molar-refractivity contribution >= 4 is 17.3 Å². The molecule has 0 saturated carbocycles. The molecule has 1 amide bonds. The summed E-state index contributed by atoms with van der Waals surface area (Å²) in [4.78, 5) is 29.5. The first-order chi connectivity index (χ1) is 15.2. The average Bonchev–Trinajstić information content (AvgIpc) is 2.90. The number of aromatic hydroxyl groups is 1. The summed E-state index contributed by atoms with van der Waals surface area (Å²) in [6, 6.07) is 7.39. The zero-order chi connectivity index (χ0) is 23.0. The third-order valence-electron chi connectivity index (χ3n) is 5.41. The van der Waals surface area contributed by atoms with Gasteiger partial charge in [-0.2, -0.15) is 5.26 Å². The van der Waals surface area contributed by atoms with Crippen LogP contribution in [0.1, 0.15) is 21.6 Å². The molecule has 3 heterocycles. The summed E-state index contributed by atoms with van der Waals surface area (Å²) in [5.41, 5.74) is -0.920. The zero-order valence-electron chi connectivity index (χ0n) is 16.7. The third-order valence-corrected chi connectivity index (χ3v) is 5.41. The smallest absolute Gasteiger partial charge is 0.284 e. The SMILES string of the molecule is N#CCNC(=O)c1c(O)c2c3n(c1=O)CC(F)(F)CN=C3C(Cc1ccc(F)cc1)CN2. The van der Waals surface area contributed by atoms with Crippen LogP contribution in [0.25, 0.3) is 0 Å². The second-order valence-corrected chi connectivity index (χ2v) is 7.65. The number of alkyl halides is 2. The highest BCUT2D eigenvalue weighted by Gasteiger charge is 2.41. The van der Waals surface area contributed by atoms with Crippen molar-refractivity contribution in [1.82, 2.24) is 9.88 Å². The maximum atomic E-state index is 14.5. The Morgan fingerprint density at radius 1 is 1.38 bits per heavy atom. The van der Waals surface area contributed by atoms with Gasteiger partial charge < -0.3 is 15.7 Å².